The van der Waals surface area contributed by atoms with Gasteiger partial charge in [0.25, 0.3) is 0 Å². The standard InChI is InChI=1S/C9H15NO7/c1-4(8(14)15)10-3-9(16)7(13)6(12)5(11)2-17-9/h3-7,11-13,16H,2H2,1H3,(H,14,15)/p-1/t4-,5+,6+,7-,9+/m0/s1. The number of aliphatic carboxylic acids is 1. The average Bonchev–Trinajstić information content (AvgIpc) is 2.29. The van der Waals surface area contributed by atoms with Gasteiger partial charge in [-0.1, -0.05) is 0 Å². The van der Waals surface area contributed by atoms with E-state index in [2.05, 4.69) is 4.99 Å². The van der Waals surface area contributed by atoms with Crippen LogP contribution in [0.15, 0.2) is 4.99 Å². The highest BCUT2D eigenvalue weighted by Crippen LogP contribution is 2.22. The summed E-state index contributed by atoms with van der Waals surface area (Å²) in [4.78, 5) is 13.8. The van der Waals surface area contributed by atoms with Gasteiger partial charge < -0.3 is 35.1 Å². The van der Waals surface area contributed by atoms with Gasteiger partial charge in [0.2, 0.25) is 5.79 Å². The highest BCUT2D eigenvalue weighted by Gasteiger charge is 2.47. The molecule has 0 radical (unpaired) electrons. The van der Waals surface area contributed by atoms with E-state index in [0.717, 1.165) is 0 Å². The van der Waals surface area contributed by atoms with Gasteiger partial charge >= 0.3 is 0 Å². The van der Waals surface area contributed by atoms with Crippen LogP contribution in [0.4, 0.5) is 0 Å². The van der Waals surface area contributed by atoms with Crippen molar-refractivity contribution in [3.8, 4) is 0 Å². The first-order chi connectivity index (χ1) is 7.78. The second kappa shape index (κ2) is 5.07. The number of aliphatic imine (C=N–C) groups is 1. The van der Waals surface area contributed by atoms with E-state index in [-0.39, 0.29) is 0 Å². The molecule has 1 saturated heterocycles. The molecule has 1 aliphatic heterocycles. The Morgan fingerprint density at radius 2 is 2.18 bits per heavy atom. The average molecular weight is 248 g/mol. The fourth-order valence-electron chi connectivity index (χ4n) is 1.25. The van der Waals surface area contributed by atoms with Crippen LogP contribution in [-0.4, -0.2) is 69.4 Å². The van der Waals surface area contributed by atoms with Crippen LogP contribution in [0, 0.1) is 0 Å². The largest absolute Gasteiger partial charge is 0.548 e. The summed E-state index contributed by atoms with van der Waals surface area (Å²) in [6.07, 6.45) is -4.10. The number of aliphatic hydroxyl groups is 4. The van der Waals surface area contributed by atoms with Gasteiger partial charge in [-0.05, 0) is 6.92 Å². The van der Waals surface area contributed by atoms with E-state index in [0.29, 0.717) is 6.21 Å². The van der Waals surface area contributed by atoms with E-state index in [4.69, 9.17) is 9.84 Å². The zero-order valence-electron chi connectivity index (χ0n) is 9.05. The van der Waals surface area contributed by atoms with Gasteiger partial charge in [0.05, 0.1) is 24.8 Å². The molecule has 0 aromatic rings. The number of carbonyl (C=O) groups is 1. The van der Waals surface area contributed by atoms with Crippen molar-refractivity contribution in [2.75, 3.05) is 6.61 Å². The van der Waals surface area contributed by atoms with Gasteiger partial charge in [0, 0.05) is 0 Å². The van der Waals surface area contributed by atoms with E-state index < -0.39 is 42.7 Å². The van der Waals surface area contributed by atoms with Gasteiger partial charge in [0.15, 0.2) is 0 Å². The van der Waals surface area contributed by atoms with Crippen LogP contribution in [-0.2, 0) is 9.53 Å². The number of rotatable bonds is 3. The van der Waals surface area contributed by atoms with Crippen molar-refractivity contribution in [2.45, 2.75) is 37.1 Å². The minimum absolute atomic E-state index is 0.416. The molecule has 0 aromatic carbocycles. The van der Waals surface area contributed by atoms with Crippen molar-refractivity contribution in [1.82, 2.24) is 0 Å². The first-order valence-electron chi connectivity index (χ1n) is 4.93. The summed E-state index contributed by atoms with van der Waals surface area (Å²) in [5.41, 5.74) is 0. The van der Waals surface area contributed by atoms with Gasteiger partial charge in [-0.15, -0.1) is 0 Å². The normalized spacial score (nSPS) is 40.4. The maximum absolute atomic E-state index is 10.4. The number of hydrogen-bond donors (Lipinski definition) is 4. The quantitative estimate of drug-likeness (QED) is 0.373. The summed E-state index contributed by atoms with van der Waals surface area (Å²) in [6, 6.07) is -1.24. The highest BCUT2D eigenvalue weighted by molar-refractivity contribution is 5.76. The van der Waals surface area contributed by atoms with Gasteiger partial charge in [-0.3, -0.25) is 4.99 Å². The molecular weight excluding hydrogens is 234 g/mol. The molecule has 0 bridgehead atoms. The maximum atomic E-state index is 10.4. The number of carboxylic acid groups (broad SMARTS) is 1. The van der Waals surface area contributed by atoms with Crippen LogP contribution in [0.1, 0.15) is 6.92 Å². The molecule has 17 heavy (non-hydrogen) atoms. The molecule has 0 aromatic heterocycles. The molecule has 8 nitrogen and oxygen atoms in total. The lowest BCUT2D eigenvalue weighted by molar-refractivity contribution is -0.307. The molecule has 0 saturated carbocycles. The van der Waals surface area contributed by atoms with Crippen LogP contribution in [0.25, 0.3) is 0 Å². The summed E-state index contributed by atoms with van der Waals surface area (Å²) in [7, 11) is 0. The predicted molar refractivity (Wildman–Crippen MR) is 51.9 cm³/mol. The van der Waals surface area contributed by atoms with Gasteiger partial charge in [-0.2, -0.15) is 0 Å². The van der Waals surface area contributed by atoms with Crippen LogP contribution < -0.4 is 5.11 Å². The van der Waals surface area contributed by atoms with Crippen molar-refractivity contribution in [3.63, 3.8) is 0 Å². The fraction of sp³-hybridized carbons (Fsp3) is 0.778. The van der Waals surface area contributed by atoms with E-state index in [1.165, 1.54) is 6.92 Å². The third-order valence-corrected chi connectivity index (χ3v) is 2.45. The third-order valence-electron chi connectivity index (χ3n) is 2.45. The number of carboxylic acids is 1. The summed E-state index contributed by atoms with van der Waals surface area (Å²) in [5, 5.41) is 48.1. The SMILES string of the molecule is C[C@H](N=C[C@@]1(O)OC[C@@H](O)[C@@H](O)[C@@H]1O)C(=O)[O-]. The minimum atomic E-state index is -2.33. The van der Waals surface area contributed by atoms with E-state index >= 15 is 0 Å². The number of carbonyl (C=O) groups excluding carboxylic acids is 1. The van der Waals surface area contributed by atoms with E-state index in [1.807, 2.05) is 0 Å². The van der Waals surface area contributed by atoms with Crippen molar-refractivity contribution in [1.29, 1.82) is 0 Å². The molecule has 5 atom stereocenters. The maximum Gasteiger partial charge on any atom is 0.232 e. The Hall–Kier alpha value is -1.06. The second-order valence-electron chi connectivity index (χ2n) is 3.84. The monoisotopic (exact) mass is 248 g/mol. The molecule has 1 rings (SSSR count). The topological polar surface area (TPSA) is 143 Å². The summed E-state index contributed by atoms with van der Waals surface area (Å²) in [5.74, 6) is -3.79. The van der Waals surface area contributed by atoms with Crippen molar-refractivity contribution < 1.29 is 35.1 Å². The Labute approximate surface area is 96.8 Å². The molecule has 0 aliphatic carbocycles. The summed E-state index contributed by atoms with van der Waals surface area (Å²) >= 11 is 0. The Kier molecular flexibility index (Phi) is 4.17. The van der Waals surface area contributed by atoms with Crippen LogP contribution in [0.2, 0.25) is 0 Å². The lowest BCUT2D eigenvalue weighted by Crippen LogP contribution is -2.61. The number of nitrogens with zero attached hydrogens (tertiary/aromatic N) is 1. The van der Waals surface area contributed by atoms with Crippen LogP contribution in [0.5, 0.6) is 0 Å². The Bertz CT molecular complexity index is 320. The number of ether oxygens (including phenoxy) is 1. The second-order valence-corrected chi connectivity index (χ2v) is 3.84. The van der Waals surface area contributed by atoms with Crippen LogP contribution >= 0.6 is 0 Å². The molecule has 1 fully saturated rings. The molecule has 1 aliphatic rings. The minimum Gasteiger partial charge on any atom is -0.548 e. The van der Waals surface area contributed by atoms with Crippen molar-refractivity contribution >= 4 is 12.2 Å². The highest BCUT2D eigenvalue weighted by atomic mass is 16.6. The zero-order chi connectivity index (χ0) is 13.2. The Morgan fingerprint density at radius 1 is 1.59 bits per heavy atom. The van der Waals surface area contributed by atoms with Gasteiger partial charge in [-0.25, -0.2) is 0 Å². The molecule has 0 unspecified atom stereocenters. The molecule has 4 N–H and O–H groups in total. The summed E-state index contributed by atoms with van der Waals surface area (Å²) < 4.78 is 4.72. The Morgan fingerprint density at radius 3 is 2.71 bits per heavy atom. The molecule has 0 spiro atoms. The van der Waals surface area contributed by atoms with E-state index in [1.54, 1.807) is 0 Å². The molecule has 8 heteroatoms. The van der Waals surface area contributed by atoms with Gasteiger partial charge in [0.1, 0.15) is 18.3 Å². The molecule has 1 heterocycles. The predicted octanol–water partition coefficient (Wildman–Crippen LogP) is -4.00. The van der Waals surface area contributed by atoms with Crippen molar-refractivity contribution in [3.05, 3.63) is 0 Å². The molecule has 98 valence electrons. The summed E-state index contributed by atoms with van der Waals surface area (Å²) in [6.45, 7) is 0.788. The Balaban J connectivity index is 2.78. The number of hydrogen-bond acceptors (Lipinski definition) is 8. The van der Waals surface area contributed by atoms with Crippen LogP contribution in [0.3, 0.4) is 0 Å². The third kappa shape index (κ3) is 2.99. The first kappa shape index (κ1) is 14.0. The lowest BCUT2D eigenvalue weighted by atomic mass is 9.98. The molecular formula is C9H14NO7-. The lowest BCUT2D eigenvalue weighted by Gasteiger charge is -2.39. The smallest absolute Gasteiger partial charge is 0.232 e. The fourth-order valence-corrected chi connectivity index (χ4v) is 1.25. The zero-order valence-corrected chi connectivity index (χ0v) is 9.05. The molecule has 0 amide bonds. The first-order valence-corrected chi connectivity index (χ1v) is 4.93. The van der Waals surface area contributed by atoms with E-state index in [9.17, 15) is 25.2 Å². The van der Waals surface area contributed by atoms with Crippen molar-refractivity contribution in [2.24, 2.45) is 4.99 Å². The number of aliphatic hydroxyl groups excluding tert-OH is 3.